The summed E-state index contributed by atoms with van der Waals surface area (Å²) in [5, 5.41) is 0. The summed E-state index contributed by atoms with van der Waals surface area (Å²) in [6.07, 6.45) is -0.792. The molecule has 1 heterocycles. The quantitative estimate of drug-likeness (QED) is 0.336. The van der Waals surface area contributed by atoms with Crippen LogP contribution in [0.4, 0.5) is 4.39 Å². The summed E-state index contributed by atoms with van der Waals surface area (Å²) < 4.78 is 14.2. The molecule has 31 heavy (non-hydrogen) atoms. The fraction of sp³-hybridized carbons (Fsp3) is 0. The number of aromatic nitrogens is 3. The summed E-state index contributed by atoms with van der Waals surface area (Å²) in [6, 6.07) is 35.7. The molecular formula is C27H18FN3. The lowest BCUT2D eigenvalue weighted by atomic mass is 10.0. The maximum atomic E-state index is 14.2. The summed E-state index contributed by atoms with van der Waals surface area (Å²) in [5.74, 6) is 0.628. The van der Waals surface area contributed by atoms with E-state index in [1.807, 2.05) is 84.9 Å². The molecule has 3 nitrogen and oxygen atoms in total. The monoisotopic (exact) mass is 403 g/mol. The van der Waals surface area contributed by atoms with Crippen LogP contribution >= 0.6 is 0 Å². The van der Waals surface area contributed by atoms with Crippen molar-refractivity contribution in [2.75, 3.05) is 0 Å². The third-order valence-corrected chi connectivity index (χ3v) is 5.11. The Morgan fingerprint density at radius 1 is 0.355 bits per heavy atom. The summed E-state index contributed by atoms with van der Waals surface area (Å²) in [7, 11) is 0. The second kappa shape index (κ2) is 8.28. The van der Waals surface area contributed by atoms with Gasteiger partial charge in [0.25, 0.3) is 0 Å². The van der Waals surface area contributed by atoms with E-state index in [0.717, 1.165) is 33.4 Å². The molecule has 0 fully saturated rings. The third kappa shape index (κ3) is 4.09. The summed E-state index contributed by atoms with van der Waals surface area (Å²) in [6.45, 7) is 0. The lowest BCUT2D eigenvalue weighted by Gasteiger charge is -2.07. The van der Waals surface area contributed by atoms with E-state index in [1.54, 1.807) is 0 Å². The first-order chi connectivity index (χ1) is 15.3. The number of nitrogens with zero attached hydrogens (tertiary/aromatic N) is 3. The van der Waals surface area contributed by atoms with Gasteiger partial charge < -0.3 is 0 Å². The molecule has 0 atom stereocenters. The van der Waals surface area contributed by atoms with Gasteiger partial charge in [0.1, 0.15) is 0 Å². The van der Waals surface area contributed by atoms with Crippen molar-refractivity contribution < 1.29 is 4.39 Å². The molecule has 0 bridgehead atoms. The molecule has 5 aromatic rings. The van der Waals surface area contributed by atoms with Crippen LogP contribution < -0.4 is 0 Å². The van der Waals surface area contributed by atoms with Gasteiger partial charge in [-0.25, -0.2) is 4.98 Å². The van der Waals surface area contributed by atoms with Gasteiger partial charge in [0, 0.05) is 11.1 Å². The number of hydrogen-bond donors (Lipinski definition) is 0. The third-order valence-electron chi connectivity index (χ3n) is 5.11. The molecule has 0 aliphatic heterocycles. The predicted octanol–water partition coefficient (Wildman–Crippen LogP) is 6.68. The molecule has 0 aliphatic carbocycles. The highest BCUT2D eigenvalue weighted by molar-refractivity contribution is 5.70. The molecule has 0 aliphatic rings. The lowest BCUT2D eigenvalue weighted by Crippen LogP contribution is -2.00. The fourth-order valence-electron chi connectivity index (χ4n) is 3.49. The van der Waals surface area contributed by atoms with E-state index < -0.39 is 6.08 Å². The SMILES string of the molecule is Fc1nc(-c2ccc(-c3ccccc3)cc2)nc(-c2ccc(-c3ccccc3)cc2)n1. The Hall–Kier alpha value is -4.18. The second-order valence-corrected chi connectivity index (χ2v) is 7.14. The molecule has 148 valence electrons. The zero-order chi connectivity index (χ0) is 21.0. The van der Waals surface area contributed by atoms with Crippen LogP contribution in [0.5, 0.6) is 0 Å². The lowest BCUT2D eigenvalue weighted by molar-refractivity contribution is 0.536. The zero-order valence-electron chi connectivity index (χ0n) is 16.6. The first-order valence-electron chi connectivity index (χ1n) is 9.99. The standard InChI is InChI=1S/C27H18FN3/c28-27-30-25(23-15-11-21(12-16-23)19-7-3-1-4-8-19)29-26(31-27)24-17-13-22(14-18-24)20-9-5-2-6-10-20/h1-18H. The molecule has 0 spiro atoms. The van der Waals surface area contributed by atoms with Gasteiger partial charge in [-0.2, -0.15) is 14.4 Å². The first kappa shape index (κ1) is 18.8. The van der Waals surface area contributed by atoms with Crippen LogP contribution in [0.3, 0.4) is 0 Å². The Balaban J connectivity index is 1.45. The molecule has 4 aromatic carbocycles. The average Bonchev–Trinajstić information content (AvgIpc) is 2.85. The Kier molecular flexibility index (Phi) is 5.03. The van der Waals surface area contributed by atoms with Gasteiger partial charge in [0.05, 0.1) is 0 Å². The summed E-state index contributed by atoms with van der Waals surface area (Å²) >= 11 is 0. The number of halogens is 1. The molecule has 0 amide bonds. The van der Waals surface area contributed by atoms with Crippen molar-refractivity contribution in [3.63, 3.8) is 0 Å². The molecule has 0 saturated heterocycles. The van der Waals surface area contributed by atoms with Crippen molar-refractivity contribution in [1.29, 1.82) is 0 Å². The Morgan fingerprint density at radius 2 is 0.677 bits per heavy atom. The summed E-state index contributed by atoms with van der Waals surface area (Å²) in [5.41, 5.74) is 5.88. The van der Waals surface area contributed by atoms with E-state index in [9.17, 15) is 4.39 Å². The van der Waals surface area contributed by atoms with E-state index in [-0.39, 0.29) is 0 Å². The van der Waals surface area contributed by atoms with Crippen molar-refractivity contribution in [3.05, 3.63) is 115 Å². The van der Waals surface area contributed by atoms with E-state index in [0.29, 0.717) is 11.6 Å². The van der Waals surface area contributed by atoms with Gasteiger partial charge >= 0.3 is 6.08 Å². The highest BCUT2D eigenvalue weighted by Gasteiger charge is 2.11. The number of rotatable bonds is 4. The number of benzene rings is 4. The van der Waals surface area contributed by atoms with Crippen molar-refractivity contribution in [3.8, 4) is 45.0 Å². The molecule has 0 N–H and O–H groups in total. The van der Waals surface area contributed by atoms with Crippen molar-refractivity contribution in [2.45, 2.75) is 0 Å². The highest BCUT2D eigenvalue weighted by atomic mass is 19.1. The van der Waals surface area contributed by atoms with Crippen LogP contribution in [0.25, 0.3) is 45.0 Å². The van der Waals surface area contributed by atoms with Crippen molar-refractivity contribution in [1.82, 2.24) is 15.0 Å². The van der Waals surface area contributed by atoms with Crippen molar-refractivity contribution in [2.24, 2.45) is 0 Å². The maximum Gasteiger partial charge on any atom is 0.312 e. The van der Waals surface area contributed by atoms with Crippen LogP contribution in [-0.2, 0) is 0 Å². The minimum absolute atomic E-state index is 0.314. The van der Waals surface area contributed by atoms with E-state index in [1.165, 1.54) is 0 Å². The molecule has 1 aromatic heterocycles. The molecule has 0 saturated carbocycles. The van der Waals surface area contributed by atoms with Crippen LogP contribution in [0.1, 0.15) is 0 Å². The Bertz CT molecular complexity index is 1200. The van der Waals surface area contributed by atoms with Crippen LogP contribution in [0.15, 0.2) is 109 Å². The van der Waals surface area contributed by atoms with Crippen LogP contribution in [0.2, 0.25) is 0 Å². The Morgan fingerprint density at radius 3 is 1.06 bits per heavy atom. The van der Waals surface area contributed by atoms with Gasteiger partial charge in [-0.3, -0.25) is 0 Å². The zero-order valence-corrected chi connectivity index (χ0v) is 16.6. The molecule has 4 heteroatoms. The van der Waals surface area contributed by atoms with Crippen LogP contribution in [0, 0.1) is 6.08 Å². The maximum absolute atomic E-state index is 14.2. The van der Waals surface area contributed by atoms with Gasteiger partial charge in [-0.1, -0.05) is 109 Å². The first-order valence-corrected chi connectivity index (χ1v) is 9.99. The molecule has 0 unspecified atom stereocenters. The van der Waals surface area contributed by atoms with Gasteiger partial charge in [0.15, 0.2) is 11.6 Å². The van der Waals surface area contributed by atoms with E-state index in [2.05, 4.69) is 39.2 Å². The van der Waals surface area contributed by atoms with E-state index in [4.69, 9.17) is 0 Å². The molecule has 5 rings (SSSR count). The second-order valence-electron chi connectivity index (χ2n) is 7.14. The smallest absolute Gasteiger partial charge is 0.208 e. The van der Waals surface area contributed by atoms with Crippen molar-refractivity contribution >= 4 is 0 Å². The topological polar surface area (TPSA) is 38.7 Å². The highest BCUT2D eigenvalue weighted by Crippen LogP contribution is 2.26. The fourth-order valence-corrected chi connectivity index (χ4v) is 3.49. The Labute approximate surface area is 179 Å². The molecular weight excluding hydrogens is 385 g/mol. The average molecular weight is 403 g/mol. The summed E-state index contributed by atoms with van der Waals surface area (Å²) in [4.78, 5) is 12.3. The van der Waals surface area contributed by atoms with Gasteiger partial charge in [-0.05, 0) is 22.3 Å². The van der Waals surface area contributed by atoms with Gasteiger partial charge in [-0.15, -0.1) is 0 Å². The normalized spacial score (nSPS) is 10.7. The largest absolute Gasteiger partial charge is 0.312 e. The minimum atomic E-state index is -0.792. The minimum Gasteiger partial charge on any atom is -0.208 e. The predicted molar refractivity (Wildman–Crippen MR) is 122 cm³/mol. The van der Waals surface area contributed by atoms with Crippen LogP contribution in [-0.4, -0.2) is 15.0 Å². The van der Waals surface area contributed by atoms with Gasteiger partial charge in [0.2, 0.25) is 0 Å². The molecule has 0 radical (unpaired) electrons. The van der Waals surface area contributed by atoms with E-state index >= 15 is 0 Å². The number of hydrogen-bond acceptors (Lipinski definition) is 3.